The molecule has 3 unspecified atom stereocenters. The van der Waals surface area contributed by atoms with E-state index in [1.165, 1.54) is 89.9 Å². The maximum atomic E-state index is 12.8. The maximum absolute atomic E-state index is 12.8. The van der Waals surface area contributed by atoms with Crippen molar-refractivity contribution in [1.29, 1.82) is 0 Å². The first kappa shape index (κ1) is 54.9. The molecular weight excluding hydrogens is 732 g/mol. The number of nitrogens with zero attached hydrogens (tertiary/aromatic N) is 1. The number of aliphatic hydroxyl groups is 1. The molecule has 0 aliphatic heterocycles. The fraction of sp³-hybridized carbons (Fsp3) is 0.729. The van der Waals surface area contributed by atoms with Gasteiger partial charge in [-0.15, -0.1) is 0 Å². The fourth-order valence-corrected chi connectivity index (χ4v) is 6.78. The summed E-state index contributed by atoms with van der Waals surface area (Å²) in [6.07, 6.45) is 52.7. The molecule has 0 aromatic carbocycles. The molecule has 330 valence electrons. The Bertz CT molecular complexity index is 1160. The summed E-state index contributed by atoms with van der Waals surface area (Å²) in [4.78, 5) is 23.1. The summed E-state index contributed by atoms with van der Waals surface area (Å²) < 4.78 is 23.5. The number of phosphoric ester groups is 1. The molecule has 0 aliphatic rings. The number of rotatable bonds is 40. The Morgan fingerprint density at radius 3 is 1.61 bits per heavy atom. The number of hydrogen-bond donors (Lipinski definition) is 3. The summed E-state index contributed by atoms with van der Waals surface area (Å²) >= 11 is 0. The van der Waals surface area contributed by atoms with Gasteiger partial charge in [-0.25, -0.2) is 4.57 Å². The first-order chi connectivity index (χ1) is 27.5. The van der Waals surface area contributed by atoms with Crippen LogP contribution in [0, 0.1) is 0 Å². The number of amides is 1. The number of aliphatic hydroxyl groups excluding tert-OH is 1. The summed E-state index contributed by atoms with van der Waals surface area (Å²) in [5.74, 6) is -0.230. The fourth-order valence-electron chi connectivity index (χ4n) is 6.05. The molecule has 0 fully saturated rings. The van der Waals surface area contributed by atoms with Crippen LogP contribution in [0.5, 0.6) is 0 Å². The van der Waals surface area contributed by atoms with Crippen molar-refractivity contribution in [2.45, 2.75) is 187 Å². The molecule has 0 heterocycles. The Balaban J connectivity index is 4.52. The number of allylic oxidation sites excluding steroid dienone is 11. The van der Waals surface area contributed by atoms with E-state index in [4.69, 9.17) is 9.05 Å². The largest absolute Gasteiger partial charge is 0.472 e. The van der Waals surface area contributed by atoms with Crippen LogP contribution in [0.4, 0.5) is 0 Å². The lowest BCUT2D eigenvalue weighted by atomic mass is 10.0. The Labute approximate surface area is 351 Å². The second-order valence-corrected chi connectivity index (χ2v) is 17.8. The topological polar surface area (TPSA) is 105 Å². The molecule has 8 nitrogen and oxygen atoms in total. The van der Waals surface area contributed by atoms with Crippen molar-refractivity contribution in [2.75, 3.05) is 40.9 Å². The van der Waals surface area contributed by atoms with Gasteiger partial charge in [0.05, 0.1) is 39.9 Å². The summed E-state index contributed by atoms with van der Waals surface area (Å²) in [7, 11) is 1.52. The molecule has 3 atom stereocenters. The van der Waals surface area contributed by atoms with Gasteiger partial charge in [0.15, 0.2) is 0 Å². The molecular formula is C48H88N2O6P+. The van der Waals surface area contributed by atoms with Crippen LogP contribution in [0.1, 0.15) is 174 Å². The van der Waals surface area contributed by atoms with Crippen LogP contribution in [0.15, 0.2) is 72.9 Å². The standard InChI is InChI=1S/C48H87N2O6P/c1-6-8-10-12-14-16-18-20-22-23-24-25-26-28-29-31-33-35-37-39-41-47(51)46(45-56-57(53,54)55-44-43-50(3,4)5)49-48(52)42-40-38-36-34-32-30-27-21-19-17-15-13-11-9-7-2/h9,11,15,17,21,27,31-34,39,41,46-47,51H,6-8,10,12-14,16,18-20,22-26,28-30,35-38,40,42-45H2,1-5H3,(H-,49,52,53,54)/p+1/b11-9-,17-15-,27-21-,33-31+,34-32-,41-39+. The zero-order chi connectivity index (χ0) is 42.1. The summed E-state index contributed by atoms with van der Waals surface area (Å²) in [6, 6.07) is -0.888. The van der Waals surface area contributed by atoms with Crippen LogP contribution < -0.4 is 5.32 Å². The van der Waals surface area contributed by atoms with Gasteiger partial charge in [-0.05, 0) is 70.6 Å². The molecule has 0 radical (unpaired) electrons. The number of carbonyl (C=O) groups is 1. The van der Waals surface area contributed by atoms with Crippen molar-refractivity contribution < 1.29 is 32.9 Å². The molecule has 0 saturated carbocycles. The third kappa shape index (κ3) is 41.9. The Morgan fingerprint density at radius 1 is 0.614 bits per heavy atom. The number of hydrogen-bond acceptors (Lipinski definition) is 5. The number of unbranched alkanes of at least 4 members (excludes halogenated alkanes) is 17. The first-order valence-electron chi connectivity index (χ1n) is 22.8. The maximum Gasteiger partial charge on any atom is 0.472 e. The Morgan fingerprint density at radius 2 is 1.07 bits per heavy atom. The van der Waals surface area contributed by atoms with Crippen LogP contribution in [0.3, 0.4) is 0 Å². The molecule has 0 aromatic heterocycles. The summed E-state index contributed by atoms with van der Waals surface area (Å²) in [5, 5.41) is 13.8. The molecule has 57 heavy (non-hydrogen) atoms. The molecule has 9 heteroatoms. The van der Waals surface area contributed by atoms with E-state index in [9.17, 15) is 19.4 Å². The minimum Gasteiger partial charge on any atom is -0.387 e. The predicted molar refractivity (Wildman–Crippen MR) is 244 cm³/mol. The van der Waals surface area contributed by atoms with Gasteiger partial charge in [0.1, 0.15) is 13.2 Å². The van der Waals surface area contributed by atoms with E-state index in [2.05, 4.69) is 79.9 Å². The normalized spacial score (nSPS) is 15.0. The van der Waals surface area contributed by atoms with Crippen molar-refractivity contribution in [2.24, 2.45) is 0 Å². The van der Waals surface area contributed by atoms with Crippen LogP contribution in [-0.2, 0) is 18.4 Å². The number of likely N-dealkylation sites (N-methyl/N-ethyl adjacent to an activating group) is 1. The molecule has 0 aromatic rings. The average molecular weight is 820 g/mol. The van der Waals surface area contributed by atoms with Gasteiger partial charge < -0.3 is 19.8 Å². The highest BCUT2D eigenvalue weighted by Gasteiger charge is 2.27. The minimum absolute atomic E-state index is 0.0446. The zero-order valence-corrected chi connectivity index (χ0v) is 38.2. The van der Waals surface area contributed by atoms with E-state index in [0.717, 1.165) is 57.8 Å². The lowest BCUT2D eigenvalue weighted by molar-refractivity contribution is -0.870. The Hall–Kier alpha value is -2.06. The summed E-state index contributed by atoms with van der Waals surface area (Å²) in [6.45, 7) is 4.63. The third-order valence-corrected chi connectivity index (χ3v) is 10.6. The van der Waals surface area contributed by atoms with Crippen molar-refractivity contribution in [3.05, 3.63) is 72.9 Å². The van der Waals surface area contributed by atoms with E-state index < -0.39 is 20.0 Å². The molecule has 0 spiro atoms. The number of quaternary nitrogens is 1. The van der Waals surface area contributed by atoms with Crippen LogP contribution >= 0.6 is 7.82 Å². The van der Waals surface area contributed by atoms with Crippen molar-refractivity contribution in [3.8, 4) is 0 Å². The summed E-state index contributed by atoms with van der Waals surface area (Å²) in [5.41, 5.74) is 0. The highest BCUT2D eigenvalue weighted by molar-refractivity contribution is 7.47. The first-order valence-corrected chi connectivity index (χ1v) is 24.3. The number of nitrogens with one attached hydrogen (secondary N) is 1. The highest BCUT2D eigenvalue weighted by atomic mass is 31.2. The van der Waals surface area contributed by atoms with E-state index in [0.29, 0.717) is 23.9 Å². The van der Waals surface area contributed by atoms with Crippen molar-refractivity contribution >= 4 is 13.7 Å². The highest BCUT2D eigenvalue weighted by Crippen LogP contribution is 2.43. The lowest BCUT2D eigenvalue weighted by Crippen LogP contribution is -2.45. The monoisotopic (exact) mass is 820 g/mol. The molecule has 0 saturated heterocycles. The molecule has 0 aliphatic carbocycles. The van der Waals surface area contributed by atoms with E-state index >= 15 is 0 Å². The van der Waals surface area contributed by atoms with Crippen molar-refractivity contribution in [1.82, 2.24) is 5.32 Å². The predicted octanol–water partition coefficient (Wildman–Crippen LogP) is 12.8. The van der Waals surface area contributed by atoms with Crippen molar-refractivity contribution in [3.63, 3.8) is 0 Å². The average Bonchev–Trinajstić information content (AvgIpc) is 3.16. The Kier molecular flexibility index (Phi) is 38.0. The SMILES string of the molecule is CC/C=C\C/C=C\C/C=C\C/C=C\CCCCC(=O)NC(COP(=O)(O)OCC[N+](C)(C)C)C(O)/C=C/CC/C=C/CCCCCCCCCCCCCCCC. The molecule has 3 N–H and O–H groups in total. The van der Waals surface area contributed by atoms with Gasteiger partial charge in [-0.1, -0.05) is 170 Å². The van der Waals surface area contributed by atoms with E-state index in [-0.39, 0.29) is 19.1 Å². The van der Waals surface area contributed by atoms with Gasteiger partial charge in [0.2, 0.25) is 5.91 Å². The zero-order valence-electron chi connectivity index (χ0n) is 37.3. The lowest BCUT2D eigenvalue weighted by Gasteiger charge is -2.25. The second-order valence-electron chi connectivity index (χ2n) is 16.4. The van der Waals surface area contributed by atoms with Gasteiger partial charge in [-0.2, -0.15) is 0 Å². The minimum atomic E-state index is -4.36. The second kappa shape index (κ2) is 39.4. The molecule has 0 bridgehead atoms. The van der Waals surface area contributed by atoms with E-state index in [1.54, 1.807) is 6.08 Å². The number of phosphoric acid groups is 1. The van der Waals surface area contributed by atoms with Gasteiger partial charge >= 0.3 is 7.82 Å². The van der Waals surface area contributed by atoms with Crippen LogP contribution in [0.2, 0.25) is 0 Å². The van der Waals surface area contributed by atoms with E-state index in [1.807, 2.05) is 27.2 Å². The van der Waals surface area contributed by atoms with Crippen LogP contribution in [0.25, 0.3) is 0 Å². The van der Waals surface area contributed by atoms with Gasteiger partial charge in [-0.3, -0.25) is 13.8 Å². The third-order valence-electron chi connectivity index (χ3n) is 9.66. The number of carbonyl (C=O) groups excluding carboxylic acids is 1. The molecule has 0 rings (SSSR count). The molecule has 1 amide bonds. The quantitative estimate of drug-likeness (QED) is 0.0246. The van der Waals surface area contributed by atoms with Gasteiger partial charge in [0.25, 0.3) is 0 Å². The van der Waals surface area contributed by atoms with Crippen LogP contribution in [-0.4, -0.2) is 73.4 Å². The smallest absolute Gasteiger partial charge is 0.387 e. The van der Waals surface area contributed by atoms with Gasteiger partial charge in [0, 0.05) is 6.42 Å².